The Bertz CT molecular complexity index is 489. The lowest BCUT2D eigenvalue weighted by Gasteiger charge is -2.28. The van der Waals surface area contributed by atoms with Crippen molar-refractivity contribution in [2.45, 2.75) is 45.7 Å². The first-order valence-corrected chi connectivity index (χ1v) is 6.75. The number of amides is 1. The molecule has 0 saturated heterocycles. The van der Waals surface area contributed by atoms with Gasteiger partial charge in [-0.3, -0.25) is 4.79 Å². The van der Waals surface area contributed by atoms with Gasteiger partial charge in [-0.2, -0.15) is 0 Å². The molecule has 0 bridgehead atoms. The maximum absolute atomic E-state index is 12.6. The van der Waals surface area contributed by atoms with E-state index in [0.717, 1.165) is 31.6 Å². The first-order valence-electron chi connectivity index (χ1n) is 6.75. The van der Waals surface area contributed by atoms with Crippen LogP contribution in [0.2, 0.25) is 0 Å². The summed E-state index contributed by atoms with van der Waals surface area (Å²) in [5.74, 6) is 0.328. The molecule has 1 saturated carbocycles. The highest BCUT2D eigenvalue weighted by Gasteiger charge is 2.40. The molecule has 0 radical (unpaired) electrons. The van der Waals surface area contributed by atoms with Crippen molar-refractivity contribution in [2.24, 2.45) is 5.41 Å². The third-order valence-corrected chi connectivity index (χ3v) is 4.46. The van der Waals surface area contributed by atoms with E-state index in [1.807, 2.05) is 17.0 Å². The van der Waals surface area contributed by atoms with Crippen LogP contribution in [0.1, 0.15) is 43.7 Å². The minimum atomic E-state index is -0.117. The summed E-state index contributed by atoms with van der Waals surface area (Å²) in [5, 5.41) is 0. The predicted octanol–water partition coefficient (Wildman–Crippen LogP) is 2.69. The Morgan fingerprint density at radius 2 is 1.89 bits per heavy atom. The van der Waals surface area contributed by atoms with Crippen LogP contribution < -0.4 is 5.73 Å². The van der Waals surface area contributed by atoms with Crippen LogP contribution >= 0.6 is 0 Å². The molecule has 0 atom stereocenters. The number of nitrogen functional groups attached to an aromatic ring is 1. The number of hydrogen-bond acceptors (Lipinski definition) is 2. The number of nitrogens with zero attached hydrogens (tertiary/aromatic N) is 1. The van der Waals surface area contributed by atoms with Crippen LogP contribution in [0.3, 0.4) is 0 Å². The fourth-order valence-corrected chi connectivity index (χ4v) is 3.31. The minimum Gasteiger partial charge on any atom is -0.399 e. The number of benzene rings is 1. The maximum Gasteiger partial charge on any atom is 0.229 e. The number of fused-ring (bicyclic) bond motifs is 1. The standard InChI is InChI=1S/C15H20N2O/c1-15(6-2-3-7-15)14(18)17-9-11-4-5-13(16)8-12(11)10-17/h4-5,8H,2-3,6-7,9-10,16H2,1H3. The summed E-state index contributed by atoms with van der Waals surface area (Å²) in [4.78, 5) is 14.6. The van der Waals surface area contributed by atoms with Gasteiger partial charge in [0.1, 0.15) is 0 Å². The van der Waals surface area contributed by atoms with Gasteiger partial charge in [-0.1, -0.05) is 25.8 Å². The molecule has 3 nitrogen and oxygen atoms in total. The predicted molar refractivity (Wildman–Crippen MR) is 71.7 cm³/mol. The zero-order valence-corrected chi connectivity index (χ0v) is 10.9. The molecule has 3 rings (SSSR count). The van der Waals surface area contributed by atoms with E-state index < -0.39 is 0 Å². The van der Waals surface area contributed by atoms with Crippen molar-refractivity contribution in [2.75, 3.05) is 5.73 Å². The molecular weight excluding hydrogens is 224 g/mol. The molecular formula is C15H20N2O. The Morgan fingerprint density at radius 1 is 1.22 bits per heavy atom. The molecule has 0 aromatic heterocycles. The zero-order chi connectivity index (χ0) is 12.8. The van der Waals surface area contributed by atoms with Gasteiger partial charge < -0.3 is 10.6 Å². The quantitative estimate of drug-likeness (QED) is 0.772. The highest BCUT2D eigenvalue weighted by atomic mass is 16.2. The van der Waals surface area contributed by atoms with Gasteiger partial charge in [0.15, 0.2) is 0 Å². The Balaban J connectivity index is 1.79. The summed E-state index contributed by atoms with van der Waals surface area (Å²) in [7, 11) is 0. The first-order chi connectivity index (χ1) is 8.58. The van der Waals surface area contributed by atoms with Crippen molar-refractivity contribution < 1.29 is 4.79 Å². The van der Waals surface area contributed by atoms with Crippen molar-refractivity contribution in [1.82, 2.24) is 4.90 Å². The smallest absolute Gasteiger partial charge is 0.229 e. The average molecular weight is 244 g/mol. The molecule has 1 heterocycles. The third kappa shape index (κ3) is 1.78. The molecule has 0 spiro atoms. The van der Waals surface area contributed by atoms with E-state index in [1.54, 1.807) is 0 Å². The van der Waals surface area contributed by atoms with Gasteiger partial charge in [-0.05, 0) is 36.1 Å². The highest BCUT2D eigenvalue weighted by Crippen LogP contribution is 2.40. The van der Waals surface area contributed by atoms with Gasteiger partial charge in [0.05, 0.1) is 0 Å². The van der Waals surface area contributed by atoms with Gasteiger partial charge >= 0.3 is 0 Å². The summed E-state index contributed by atoms with van der Waals surface area (Å²) in [6, 6.07) is 5.97. The summed E-state index contributed by atoms with van der Waals surface area (Å²) in [6.07, 6.45) is 4.47. The van der Waals surface area contributed by atoms with E-state index >= 15 is 0 Å². The van der Waals surface area contributed by atoms with Gasteiger partial charge in [-0.25, -0.2) is 0 Å². The Kier molecular flexibility index (Phi) is 2.58. The van der Waals surface area contributed by atoms with E-state index in [1.165, 1.54) is 24.0 Å². The van der Waals surface area contributed by atoms with Crippen molar-refractivity contribution in [3.8, 4) is 0 Å². The third-order valence-electron chi connectivity index (χ3n) is 4.46. The number of rotatable bonds is 1. The molecule has 96 valence electrons. The van der Waals surface area contributed by atoms with E-state index in [0.29, 0.717) is 5.91 Å². The summed E-state index contributed by atoms with van der Waals surface area (Å²) in [5.41, 5.74) is 8.93. The largest absolute Gasteiger partial charge is 0.399 e. The SMILES string of the molecule is CC1(C(=O)N2Cc3ccc(N)cc3C2)CCCC1. The van der Waals surface area contributed by atoms with Gasteiger partial charge in [0.2, 0.25) is 5.91 Å². The fraction of sp³-hybridized carbons (Fsp3) is 0.533. The molecule has 18 heavy (non-hydrogen) atoms. The number of nitrogens with two attached hydrogens (primary N) is 1. The second-order valence-corrected chi connectivity index (χ2v) is 5.96. The minimum absolute atomic E-state index is 0.117. The van der Waals surface area contributed by atoms with Crippen molar-refractivity contribution in [3.05, 3.63) is 29.3 Å². The molecule has 1 amide bonds. The molecule has 1 fully saturated rings. The first kappa shape index (κ1) is 11.6. The Labute approximate surface area is 108 Å². The Hall–Kier alpha value is -1.51. The lowest BCUT2D eigenvalue weighted by molar-refractivity contribution is -0.141. The molecule has 1 aromatic carbocycles. The van der Waals surface area contributed by atoms with Crippen molar-refractivity contribution in [3.63, 3.8) is 0 Å². The number of carbonyl (C=O) groups is 1. The van der Waals surface area contributed by atoms with Crippen LogP contribution in [0.25, 0.3) is 0 Å². The fourth-order valence-electron chi connectivity index (χ4n) is 3.31. The average Bonchev–Trinajstić information content (AvgIpc) is 2.94. The van der Waals surface area contributed by atoms with E-state index in [4.69, 9.17) is 5.73 Å². The van der Waals surface area contributed by atoms with Gasteiger partial charge in [0.25, 0.3) is 0 Å². The van der Waals surface area contributed by atoms with E-state index in [-0.39, 0.29) is 5.41 Å². The van der Waals surface area contributed by atoms with E-state index in [9.17, 15) is 4.79 Å². The van der Waals surface area contributed by atoms with Gasteiger partial charge in [-0.15, -0.1) is 0 Å². The van der Waals surface area contributed by atoms with Crippen LogP contribution in [0.4, 0.5) is 5.69 Å². The van der Waals surface area contributed by atoms with Gasteiger partial charge in [0, 0.05) is 24.2 Å². The second kappa shape index (κ2) is 4.01. The number of carbonyl (C=O) groups excluding carboxylic acids is 1. The molecule has 1 aliphatic carbocycles. The van der Waals surface area contributed by atoms with Crippen LogP contribution in [0, 0.1) is 5.41 Å². The lowest BCUT2D eigenvalue weighted by atomic mass is 9.87. The molecule has 2 aliphatic rings. The van der Waals surface area contributed by atoms with Crippen LogP contribution in [0.15, 0.2) is 18.2 Å². The van der Waals surface area contributed by atoms with Crippen molar-refractivity contribution in [1.29, 1.82) is 0 Å². The topological polar surface area (TPSA) is 46.3 Å². The highest BCUT2D eigenvalue weighted by molar-refractivity contribution is 5.83. The molecule has 1 aliphatic heterocycles. The Morgan fingerprint density at radius 3 is 2.61 bits per heavy atom. The number of anilines is 1. The zero-order valence-electron chi connectivity index (χ0n) is 10.9. The molecule has 0 unspecified atom stereocenters. The summed E-state index contributed by atoms with van der Waals surface area (Å²) in [6.45, 7) is 3.61. The second-order valence-electron chi connectivity index (χ2n) is 5.96. The normalized spacial score (nSPS) is 21.1. The maximum atomic E-state index is 12.6. The van der Waals surface area contributed by atoms with Crippen molar-refractivity contribution >= 4 is 11.6 Å². The summed E-state index contributed by atoms with van der Waals surface area (Å²) < 4.78 is 0. The van der Waals surface area contributed by atoms with E-state index in [2.05, 4.69) is 13.0 Å². The van der Waals surface area contributed by atoms with Crippen LogP contribution in [0.5, 0.6) is 0 Å². The summed E-state index contributed by atoms with van der Waals surface area (Å²) >= 11 is 0. The molecule has 1 aromatic rings. The van der Waals surface area contributed by atoms with Crippen LogP contribution in [-0.4, -0.2) is 10.8 Å². The molecule has 2 N–H and O–H groups in total. The number of hydrogen-bond donors (Lipinski definition) is 1. The molecule has 3 heteroatoms. The van der Waals surface area contributed by atoms with Crippen LogP contribution in [-0.2, 0) is 17.9 Å². The monoisotopic (exact) mass is 244 g/mol. The lowest BCUT2D eigenvalue weighted by Crippen LogP contribution is -2.37.